The summed E-state index contributed by atoms with van der Waals surface area (Å²) < 4.78 is 0. The predicted octanol–water partition coefficient (Wildman–Crippen LogP) is 8.52. The summed E-state index contributed by atoms with van der Waals surface area (Å²) in [7, 11) is 0. The van der Waals surface area contributed by atoms with Crippen LogP contribution in [0.5, 0.6) is 0 Å². The molecule has 0 N–H and O–H groups in total. The fraction of sp³-hybridized carbons (Fsp3) is 0.400. The average molecular weight is 609 g/mol. The van der Waals surface area contributed by atoms with E-state index in [4.69, 9.17) is 9.97 Å². The molecule has 4 saturated heterocycles. The molecular weight excluding hydrogens is 564 g/mol. The topological polar surface area (TPSA) is 38.7 Å². The van der Waals surface area contributed by atoms with Crippen LogP contribution in [0.2, 0.25) is 0 Å². The van der Waals surface area contributed by atoms with E-state index in [-0.39, 0.29) is 0 Å². The molecule has 4 aliphatic rings. The minimum Gasteiger partial charge on any atom is -0.371 e. The molecule has 9 rings (SSSR count). The second-order valence-corrected chi connectivity index (χ2v) is 13.8. The van der Waals surface area contributed by atoms with E-state index in [1.807, 2.05) is 12.4 Å². The van der Waals surface area contributed by atoms with Crippen molar-refractivity contribution in [2.75, 3.05) is 72.0 Å². The Bertz CT molecular complexity index is 1690. The third-order valence-electron chi connectivity index (χ3n) is 10.9. The standard InChI is InChI=1S/C40H44N6/c1-2-16-43(15-1)31-23-29(24-32(27-31)44-17-3-4-18-44)35-11-13-41-39-37(35)9-10-38-36(12-14-42-40(38)39)30-25-33(45-19-5-6-20-45)28-34(26-30)46-21-7-8-22-46/h9-14,23-28H,1-8,15-22H2. The highest BCUT2D eigenvalue weighted by Crippen LogP contribution is 2.40. The van der Waals surface area contributed by atoms with Crippen molar-refractivity contribution in [1.82, 2.24) is 9.97 Å². The highest BCUT2D eigenvalue weighted by atomic mass is 15.2. The van der Waals surface area contributed by atoms with E-state index in [0.717, 1.165) is 63.4 Å². The van der Waals surface area contributed by atoms with E-state index in [1.165, 1.54) is 107 Å². The van der Waals surface area contributed by atoms with Crippen molar-refractivity contribution in [2.45, 2.75) is 51.4 Å². The quantitative estimate of drug-likeness (QED) is 0.180. The predicted molar refractivity (Wildman–Crippen MR) is 194 cm³/mol. The Morgan fingerprint density at radius 3 is 0.978 bits per heavy atom. The summed E-state index contributed by atoms with van der Waals surface area (Å²) in [5.74, 6) is 0. The zero-order valence-electron chi connectivity index (χ0n) is 26.9. The Morgan fingerprint density at radius 2 is 0.674 bits per heavy atom. The van der Waals surface area contributed by atoms with Gasteiger partial charge in [-0.25, -0.2) is 0 Å². The van der Waals surface area contributed by atoms with Gasteiger partial charge < -0.3 is 19.6 Å². The molecule has 0 amide bonds. The molecule has 4 aliphatic heterocycles. The van der Waals surface area contributed by atoms with Crippen LogP contribution in [0.25, 0.3) is 44.1 Å². The molecule has 0 bridgehead atoms. The van der Waals surface area contributed by atoms with Crippen LogP contribution in [0.4, 0.5) is 22.7 Å². The Kier molecular flexibility index (Phi) is 7.17. The van der Waals surface area contributed by atoms with Gasteiger partial charge in [0.2, 0.25) is 0 Å². The zero-order chi connectivity index (χ0) is 30.5. The number of benzene rings is 3. The molecule has 0 radical (unpaired) electrons. The fourth-order valence-corrected chi connectivity index (χ4v) is 8.46. The zero-order valence-corrected chi connectivity index (χ0v) is 26.9. The maximum Gasteiger partial charge on any atom is 0.0970 e. The Hall–Kier alpha value is -4.32. The van der Waals surface area contributed by atoms with Gasteiger partial charge in [0.05, 0.1) is 11.0 Å². The van der Waals surface area contributed by atoms with Gasteiger partial charge in [-0.05, 0) is 122 Å². The van der Waals surface area contributed by atoms with Crippen molar-refractivity contribution in [1.29, 1.82) is 0 Å². The van der Waals surface area contributed by atoms with Crippen LogP contribution < -0.4 is 19.6 Å². The first kappa shape index (κ1) is 27.9. The largest absolute Gasteiger partial charge is 0.371 e. The van der Waals surface area contributed by atoms with Crippen LogP contribution in [0.1, 0.15) is 51.4 Å². The van der Waals surface area contributed by atoms with Crippen molar-refractivity contribution in [2.24, 2.45) is 0 Å². The second kappa shape index (κ2) is 11.8. The molecule has 6 heterocycles. The average Bonchev–Trinajstić information content (AvgIpc) is 3.95. The molecule has 5 aromatic rings. The molecular formula is C40H44N6. The first-order chi connectivity index (χ1) is 22.8. The third kappa shape index (κ3) is 5.03. The molecule has 0 atom stereocenters. The third-order valence-corrected chi connectivity index (χ3v) is 10.9. The van der Waals surface area contributed by atoms with Gasteiger partial charge in [-0.3, -0.25) is 9.97 Å². The Balaban J connectivity index is 1.18. The molecule has 2 aromatic heterocycles. The maximum atomic E-state index is 4.99. The van der Waals surface area contributed by atoms with E-state index in [9.17, 15) is 0 Å². The van der Waals surface area contributed by atoms with Gasteiger partial charge in [0.25, 0.3) is 0 Å². The van der Waals surface area contributed by atoms with Gasteiger partial charge in [-0.2, -0.15) is 0 Å². The molecule has 3 aromatic carbocycles. The molecule has 0 unspecified atom stereocenters. The minimum atomic E-state index is 0.988. The lowest BCUT2D eigenvalue weighted by Crippen LogP contribution is -2.21. The fourth-order valence-electron chi connectivity index (χ4n) is 8.46. The monoisotopic (exact) mass is 608 g/mol. The number of pyridine rings is 2. The first-order valence-corrected chi connectivity index (χ1v) is 17.8. The number of rotatable bonds is 6. The molecule has 234 valence electrons. The summed E-state index contributed by atoms with van der Waals surface area (Å²) in [6.07, 6.45) is 14.2. The minimum absolute atomic E-state index is 0.988. The normalized spacial score (nSPS) is 18.6. The second-order valence-electron chi connectivity index (χ2n) is 13.8. The molecule has 4 fully saturated rings. The van der Waals surface area contributed by atoms with Gasteiger partial charge in [-0.15, -0.1) is 0 Å². The Labute approximate surface area is 272 Å². The first-order valence-electron chi connectivity index (χ1n) is 17.8. The Morgan fingerprint density at radius 1 is 0.370 bits per heavy atom. The van der Waals surface area contributed by atoms with Crippen LogP contribution in [0.15, 0.2) is 73.1 Å². The van der Waals surface area contributed by atoms with E-state index >= 15 is 0 Å². The molecule has 0 saturated carbocycles. The number of aromatic nitrogens is 2. The van der Waals surface area contributed by atoms with Gasteiger partial charge in [0, 0.05) is 98.3 Å². The SMILES string of the molecule is c1cc(-c2cc(N3CCCC3)cc(N3CCCC3)c2)c2ccc3c(-c4cc(N5CCCC5)cc(N5CCCC5)c4)ccnc3c2n1. The van der Waals surface area contributed by atoms with Crippen molar-refractivity contribution in [3.05, 3.63) is 73.1 Å². The molecule has 46 heavy (non-hydrogen) atoms. The van der Waals surface area contributed by atoms with E-state index < -0.39 is 0 Å². The number of nitrogens with zero attached hydrogens (tertiary/aromatic N) is 6. The number of fused-ring (bicyclic) bond motifs is 3. The van der Waals surface area contributed by atoms with E-state index in [1.54, 1.807) is 0 Å². The van der Waals surface area contributed by atoms with Gasteiger partial charge >= 0.3 is 0 Å². The molecule has 0 aliphatic carbocycles. The van der Waals surface area contributed by atoms with Crippen LogP contribution in [-0.2, 0) is 0 Å². The summed E-state index contributed by atoms with van der Waals surface area (Å²) in [5, 5.41) is 2.35. The molecule has 0 spiro atoms. The van der Waals surface area contributed by atoms with E-state index in [2.05, 4.69) is 80.3 Å². The summed E-state index contributed by atoms with van der Waals surface area (Å²) in [6, 6.07) is 23.5. The maximum absolute atomic E-state index is 4.99. The lowest BCUT2D eigenvalue weighted by molar-refractivity contribution is 0.949. The number of anilines is 4. The van der Waals surface area contributed by atoms with Crippen molar-refractivity contribution < 1.29 is 0 Å². The summed E-state index contributed by atoms with van der Waals surface area (Å²) in [5.41, 5.74) is 12.4. The molecule has 6 nitrogen and oxygen atoms in total. The molecule has 6 heteroatoms. The van der Waals surface area contributed by atoms with Crippen molar-refractivity contribution in [3.8, 4) is 22.3 Å². The van der Waals surface area contributed by atoms with Crippen LogP contribution in [0, 0.1) is 0 Å². The van der Waals surface area contributed by atoms with Crippen LogP contribution in [0.3, 0.4) is 0 Å². The highest BCUT2D eigenvalue weighted by Gasteiger charge is 2.22. The smallest absolute Gasteiger partial charge is 0.0970 e. The van der Waals surface area contributed by atoms with Crippen molar-refractivity contribution >= 4 is 44.6 Å². The van der Waals surface area contributed by atoms with Gasteiger partial charge in [-0.1, -0.05) is 12.1 Å². The number of hydrogen-bond acceptors (Lipinski definition) is 6. The van der Waals surface area contributed by atoms with Crippen LogP contribution in [-0.4, -0.2) is 62.3 Å². The van der Waals surface area contributed by atoms with E-state index in [0.29, 0.717) is 0 Å². The summed E-state index contributed by atoms with van der Waals surface area (Å²) >= 11 is 0. The van der Waals surface area contributed by atoms with Gasteiger partial charge in [0.15, 0.2) is 0 Å². The summed E-state index contributed by atoms with van der Waals surface area (Å²) in [4.78, 5) is 20.3. The number of hydrogen-bond donors (Lipinski definition) is 0. The highest BCUT2D eigenvalue weighted by molar-refractivity contribution is 6.12. The van der Waals surface area contributed by atoms with Gasteiger partial charge in [0.1, 0.15) is 0 Å². The van der Waals surface area contributed by atoms with Crippen molar-refractivity contribution in [3.63, 3.8) is 0 Å². The summed E-state index contributed by atoms with van der Waals surface area (Å²) in [6.45, 7) is 9.19. The lowest BCUT2D eigenvalue weighted by Gasteiger charge is -2.25. The van der Waals surface area contributed by atoms with Crippen LogP contribution >= 0.6 is 0 Å². The lowest BCUT2D eigenvalue weighted by atomic mass is 9.95.